The summed E-state index contributed by atoms with van der Waals surface area (Å²) in [6, 6.07) is 40.1. The number of Topliss-reactive ketones (excluding diaryl/α,β-unsaturated/α-hetero) is 1. The van der Waals surface area contributed by atoms with Crippen LogP contribution >= 0.6 is 0 Å². The standard InChI is InChI=1S/C39H46O5Si2/c1-30(40)28-29-35(43-45(38(2,3)4,31-20-12-8-13-21-31)32-22-14-9-15-23-32)36(37(41)42)44-46(39(5,6)7,33-24-16-10-17-25-33)34-26-18-11-19-27-34/h8-27H,28-29H2,1-7H3,(H,41,42). The molecule has 0 radical (unpaired) electrons. The van der Waals surface area contributed by atoms with E-state index in [0.29, 0.717) is 0 Å². The highest BCUT2D eigenvalue weighted by molar-refractivity contribution is 7.00. The lowest BCUT2D eigenvalue weighted by atomic mass is 10.2. The van der Waals surface area contributed by atoms with Crippen LogP contribution in [0.3, 0.4) is 0 Å². The number of allylic oxidation sites excluding steroid dienone is 1. The van der Waals surface area contributed by atoms with Gasteiger partial charge >= 0.3 is 22.6 Å². The Kier molecular flexibility index (Phi) is 10.6. The second-order valence-electron chi connectivity index (χ2n) is 13.8. The maximum atomic E-state index is 13.6. The highest BCUT2D eigenvalue weighted by atomic mass is 28.4. The zero-order valence-electron chi connectivity index (χ0n) is 28.0. The monoisotopic (exact) mass is 650 g/mol. The molecule has 0 saturated heterocycles. The van der Waals surface area contributed by atoms with Gasteiger partial charge < -0.3 is 18.8 Å². The lowest BCUT2D eigenvalue weighted by Crippen LogP contribution is -2.67. The van der Waals surface area contributed by atoms with Crippen LogP contribution in [0.2, 0.25) is 10.1 Å². The van der Waals surface area contributed by atoms with Gasteiger partial charge in [-0.1, -0.05) is 163 Å². The van der Waals surface area contributed by atoms with E-state index in [4.69, 9.17) is 8.85 Å². The van der Waals surface area contributed by atoms with E-state index < -0.39 is 32.7 Å². The highest BCUT2D eigenvalue weighted by Gasteiger charge is 2.55. The number of hydrogen-bond donors (Lipinski definition) is 1. The molecule has 0 aliphatic carbocycles. The van der Waals surface area contributed by atoms with Crippen LogP contribution in [0.1, 0.15) is 61.3 Å². The van der Waals surface area contributed by atoms with Crippen molar-refractivity contribution in [2.45, 2.75) is 71.4 Å². The summed E-state index contributed by atoms with van der Waals surface area (Å²) >= 11 is 0. The summed E-state index contributed by atoms with van der Waals surface area (Å²) in [7, 11) is -6.63. The van der Waals surface area contributed by atoms with Gasteiger partial charge in [0.15, 0.2) is 0 Å². The fraction of sp³-hybridized carbons (Fsp3) is 0.282. The molecule has 0 fully saturated rings. The smallest absolute Gasteiger partial charge is 0.373 e. The van der Waals surface area contributed by atoms with Gasteiger partial charge in [-0.2, -0.15) is 0 Å². The summed E-state index contributed by atoms with van der Waals surface area (Å²) in [6.07, 6.45) is 0.216. The van der Waals surface area contributed by atoms with Crippen molar-refractivity contribution in [2.24, 2.45) is 0 Å². The van der Waals surface area contributed by atoms with Crippen molar-refractivity contribution in [3.05, 3.63) is 133 Å². The topological polar surface area (TPSA) is 72.8 Å². The first-order valence-corrected chi connectivity index (χ1v) is 19.6. The van der Waals surface area contributed by atoms with E-state index in [1.807, 2.05) is 97.1 Å². The van der Waals surface area contributed by atoms with Gasteiger partial charge in [-0.3, -0.25) is 0 Å². The Bertz CT molecular complexity index is 1560. The molecule has 0 unspecified atom stereocenters. The Balaban J connectivity index is 2.10. The molecule has 0 heterocycles. The first kappa shape index (κ1) is 34.7. The van der Waals surface area contributed by atoms with Crippen LogP contribution in [0.25, 0.3) is 0 Å². The predicted molar refractivity (Wildman–Crippen MR) is 192 cm³/mol. The summed E-state index contributed by atoms with van der Waals surface area (Å²) < 4.78 is 14.5. The van der Waals surface area contributed by atoms with Gasteiger partial charge in [0.25, 0.3) is 0 Å². The van der Waals surface area contributed by atoms with Crippen molar-refractivity contribution in [3.8, 4) is 0 Å². The molecule has 5 nitrogen and oxygen atoms in total. The van der Waals surface area contributed by atoms with Crippen LogP contribution in [-0.4, -0.2) is 33.5 Å². The van der Waals surface area contributed by atoms with Gasteiger partial charge in [0.2, 0.25) is 5.76 Å². The molecule has 4 rings (SSSR count). The van der Waals surface area contributed by atoms with E-state index in [-0.39, 0.29) is 30.1 Å². The van der Waals surface area contributed by atoms with Gasteiger partial charge in [0.1, 0.15) is 11.5 Å². The van der Waals surface area contributed by atoms with E-state index >= 15 is 0 Å². The number of rotatable bonds is 12. The minimum atomic E-state index is -3.36. The van der Waals surface area contributed by atoms with Gasteiger partial charge in [0.05, 0.1) is 0 Å². The molecule has 0 saturated carbocycles. The Hall–Kier alpha value is -4.21. The Labute approximate surface area is 276 Å². The third kappa shape index (κ3) is 6.96. The quantitative estimate of drug-likeness (QED) is 0.104. The average Bonchev–Trinajstić information content (AvgIpc) is 3.02. The van der Waals surface area contributed by atoms with Crippen molar-refractivity contribution < 1.29 is 23.5 Å². The van der Waals surface area contributed by atoms with E-state index in [1.165, 1.54) is 6.92 Å². The number of aliphatic carboxylic acids is 1. The molecule has 240 valence electrons. The zero-order chi connectivity index (χ0) is 33.6. The second kappa shape index (κ2) is 14.1. The summed E-state index contributed by atoms with van der Waals surface area (Å²) in [5.41, 5.74) is 0. The maximum Gasteiger partial charge on any atom is 0.373 e. The van der Waals surface area contributed by atoms with Crippen molar-refractivity contribution >= 4 is 49.1 Å². The SMILES string of the molecule is CC(=O)CCC(O[Si](c1ccccc1)(c1ccccc1)C(C)(C)C)=C(O[Si](c1ccccc1)(c1ccccc1)C(C)(C)C)C(=O)O. The van der Waals surface area contributed by atoms with E-state index in [9.17, 15) is 14.7 Å². The zero-order valence-corrected chi connectivity index (χ0v) is 30.0. The predicted octanol–water partition coefficient (Wildman–Crippen LogP) is 6.81. The molecular weight excluding hydrogens is 605 g/mol. The summed E-state index contributed by atoms with van der Waals surface area (Å²) in [4.78, 5) is 26.0. The van der Waals surface area contributed by atoms with Gasteiger partial charge in [-0.25, -0.2) is 4.79 Å². The van der Waals surface area contributed by atoms with Gasteiger partial charge in [0, 0.05) is 12.8 Å². The lowest BCUT2D eigenvalue weighted by Gasteiger charge is -2.45. The number of ketones is 1. The summed E-state index contributed by atoms with van der Waals surface area (Å²) in [5.74, 6) is -1.31. The average molecular weight is 651 g/mol. The normalized spacial score (nSPS) is 13.0. The van der Waals surface area contributed by atoms with E-state index in [0.717, 1.165) is 20.7 Å². The number of carbonyl (C=O) groups is 2. The second-order valence-corrected chi connectivity index (χ2v) is 22.2. The van der Waals surface area contributed by atoms with Crippen LogP contribution in [0, 0.1) is 0 Å². The molecule has 0 atom stereocenters. The number of hydrogen-bond acceptors (Lipinski definition) is 4. The van der Waals surface area contributed by atoms with Crippen molar-refractivity contribution in [3.63, 3.8) is 0 Å². The van der Waals surface area contributed by atoms with Crippen LogP contribution in [0.15, 0.2) is 133 Å². The molecule has 0 aliphatic rings. The van der Waals surface area contributed by atoms with Crippen LogP contribution in [0.4, 0.5) is 0 Å². The number of carbonyl (C=O) groups excluding carboxylic acids is 1. The van der Waals surface area contributed by atoms with Crippen LogP contribution < -0.4 is 20.7 Å². The third-order valence-electron chi connectivity index (χ3n) is 8.52. The fourth-order valence-electron chi connectivity index (χ4n) is 6.36. The minimum absolute atomic E-state index is 0.0567. The van der Waals surface area contributed by atoms with Crippen molar-refractivity contribution in [1.82, 2.24) is 0 Å². The Morgan fingerprint density at radius 2 is 0.848 bits per heavy atom. The fourth-order valence-corrected chi connectivity index (χ4v) is 15.3. The van der Waals surface area contributed by atoms with Crippen molar-refractivity contribution in [1.29, 1.82) is 0 Å². The third-order valence-corrected chi connectivity index (χ3v) is 18.4. The molecule has 0 amide bonds. The molecule has 1 N–H and O–H groups in total. The van der Waals surface area contributed by atoms with E-state index in [2.05, 4.69) is 65.8 Å². The summed E-state index contributed by atoms with van der Waals surface area (Å²) in [5, 5.41) is 14.0. The molecule has 46 heavy (non-hydrogen) atoms. The molecule has 0 aliphatic heterocycles. The van der Waals surface area contributed by atoms with Crippen LogP contribution in [-0.2, 0) is 18.4 Å². The van der Waals surface area contributed by atoms with Gasteiger partial charge in [-0.05, 0) is 37.7 Å². The minimum Gasteiger partial charge on any atom is -0.534 e. The highest BCUT2D eigenvalue weighted by Crippen LogP contribution is 2.42. The number of benzene rings is 4. The maximum absolute atomic E-state index is 13.6. The molecule has 7 heteroatoms. The molecule has 4 aromatic carbocycles. The first-order chi connectivity index (χ1) is 21.7. The van der Waals surface area contributed by atoms with Crippen LogP contribution in [0.5, 0.6) is 0 Å². The molecule has 0 spiro atoms. The molecule has 4 aromatic rings. The Morgan fingerprint density at radius 1 is 0.543 bits per heavy atom. The number of carboxylic acids is 1. The summed E-state index contributed by atoms with van der Waals surface area (Å²) in [6.45, 7) is 14.3. The van der Waals surface area contributed by atoms with Gasteiger partial charge in [-0.15, -0.1) is 0 Å². The lowest BCUT2D eigenvalue weighted by molar-refractivity contribution is -0.135. The number of carboxylic acid groups (broad SMARTS) is 1. The first-order valence-electron chi connectivity index (χ1n) is 15.8. The van der Waals surface area contributed by atoms with E-state index in [1.54, 1.807) is 0 Å². The Morgan fingerprint density at radius 3 is 1.11 bits per heavy atom. The molecule has 0 bridgehead atoms. The van der Waals surface area contributed by atoms with Crippen molar-refractivity contribution in [2.75, 3.05) is 0 Å². The largest absolute Gasteiger partial charge is 0.534 e. The molecule has 0 aromatic heterocycles. The molecular formula is C39H46O5Si2.